The number of hydrogen-bond acceptors (Lipinski definition) is 6. The Balaban J connectivity index is 1.75. The number of aromatic hydroxyl groups is 1. The fourth-order valence-corrected chi connectivity index (χ4v) is 3.65. The number of para-hydroxylation sites is 1. The number of rotatable bonds is 4. The third kappa shape index (κ3) is 3.79. The maximum Gasteiger partial charge on any atom is 0.342 e. The molecule has 8 nitrogen and oxygen atoms in total. The first kappa shape index (κ1) is 18.9. The molecule has 0 fully saturated rings. The highest BCUT2D eigenvalue weighted by Crippen LogP contribution is 2.33. The minimum absolute atomic E-state index is 0.0197. The van der Waals surface area contributed by atoms with Crippen LogP contribution in [0.4, 0.5) is 5.69 Å². The number of sulfonamides is 1. The zero-order chi connectivity index (χ0) is 19.8. The van der Waals surface area contributed by atoms with Gasteiger partial charge in [-0.3, -0.25) is 4.79 Å². The van der Waals surface area contributed by atoms with Gasteiger partial charge < -0.3 is 14.7 Å². The van der Waals surface area contributed by atoms with Crippen LogP contribution in [0.5, 0.6) is 5.75 Å². The standard InChI is InChI=1S/C18H18N2O6S/c1-11-8-12-9-13(27(19,24)25)6-7-15(12)20(11)17(22)10-26-18(23)14-4-2-3-5-16(14)21/h2-7,9,11,21H,8,10H2,1H3,(H2,19,24,25). The normalized spacial score (nSPS) is 16.1. The van der Waals surface area contributed by atoms with Crippen molar-refractivity contribution in [2.45, 2.75) is 24.3 Å². The van der Waals surface area contributed by atoms with Crippen molar-refractivity contribution in [1.29, 1.82) is 0 Å². The molecule has 1 aliphatic rings. The number of nitrogens with two attached hydrogens (primary N) is 1. The van der Waals surface area contributed by atoms with E-state index in [1.165, 1.54) is 35.2 Å². The number of fused-ring (bicyclic) bond motifs is 1. The molecule has 2 aromatic carbocycles. The van der Waals surface area contributed by atoms with Gasteiger partial charge in [-0.15, -0.1) is 0 Å². The number of benzene rings is 2. The molecule has 1 amide bonds. The highest BCUT2D eigenvalue weighted by molar-refractivity contribution is 7.89. The van der Waals surface area contributed by atoms with Crippen molar-refractivity contribution >= 4 is 27.6 Å². The fourth-order valence-electron chi connectivity index (χ4n) is 3.09. The Morgan fingerprint density at radius 3 is 2.63 bits per heavy atom. The Morgan fingerprint density at radius 1 is 1.26 bits per heavy atom. The molecule has 0 aromatic heterocycles. The molecule has 142 valence electrons. The first-order chi connectivity index (χ1) is 12.7. The van der Waals surface area contributed by atoms with E-state index in [0.717, 1.165) is 0 Å². The van der Waals surface area contributed by atoms with Gasteiger partial charge in [0, 0.05) is 11.7 Å². The lowest BCUT2D eigenvalue weighted by Gasteiger charge is -2.22. The highest BCUT2D eigenvalue weighted by Gasteiger charge is 2.32. The van der Waals surface area contributed by atoms with Crippen molar-refractivity contribution in [3.8, 4) is 5.75 Å². The van der Waals surface area contributed by atoms with Crippen LogP contribution >= 0.6 is 0 Å². The summed E-state index contributed by atoms with van der Waals surface area (Å²) in [5, 5.41) is 14.8. The topological polar surface area (TPSA) is 127 Å². The summed E-state index contributed by atoms with van der Waals surface area (Å²) in [5.41, 5.74) is 1.20. The molecule has 0 saturated carbocycles. The first-order valence-electron chi connectivity index (χ1n) is 8.11. The van der Waals surface area contributed by atoms with E-state index in [0.29, 0.717) is 17.7 Å². The van der Waals surface area contributed by atoms with E-state index >= 15 is 0 Å². The predicted molar refractivity (Wildman–Crippen MR) is 96.9 cm³/mol. The van der Waals surface area contributed by atoms with Crippen molar-refractivity contribution in [3.05, 3.63) is 53.6 Å². The molecule has 0 aliphatic carbocycles. The number of nitrogens with zero attached hydrogens (tertiary/aromatic N) is 1. The lowest BCUT2D eigenvalue weighted by atomic mass is 10.1. The fraction of sp³-hybridized carbons (Fsp3) is 0.222. The van der Waals surface area contributed by atoms with E-state index in [1.54, 1.807) is 19.1 Å². The molecule has 0 radical (unpaired) electrons. The average Bonchev–Trinajstić information content (AvgIpc) is 2.94. The molecule has 3 rings (SSSR count). The summed E-state index contributed by atoms with van der Waals surface area (Å²) in [4.78, 5) is 26.0. The van der Waals surface area contributed by atoms with Crippen LogP contribution in [0, 0.1) is 0 Å². The van der Waals surface area contributed by atoms with E-state index in [-0.39, 0.29) is 22.3 Å². The summed E-state index contributed by atoms with van der Waals surface area (Å²) in [5.74, 6) is -1.49. The minimum Gasteiger partial charge on any atom is -0.507 e. The van der Waals surface area contributed by atoms with Gasteiger partial charge in [0.2, 0.25) is 10.0 Å². The summed E-state index contributed by atoms with van der Waals surface area (Å²) < 4.78 is 28.0. The molecule has 0 bridgehead atoms. The van der Waals surface area contributed by atoms with Gasteiger partial charge in [-0.1, -0.05) is 12.1 Å². The number of carbonyl (C=O) groups excluding carboxylic acids is 2. The molecular formula is C18H18N2O6S. The third-order valence-corrected chi connectivity index (χ3v) is 5.23. The molecule has 1 heterocycles. The Morgan fingerprint density at radius 2 is 1.96 bits per heavy atom. The van der Waals surface area contributed by atoms with E-state index in [2.05, 4.69) is 0 Å². The van der Waals surface area contributed by atoms with Crippen LogP contribution in [0.3, 0.4) is 0 Å². The highest BCUT2D eigenvalue weighted by atomic mass is 32.2. The van der Waals surface area contributed by atoms with Gasteiger partial charge in [0.1, 0.15) is 11.3 Å². The van der Waals surface area contributed by atoms with E-state index in [4.69, 9.17) is 9.88 Å². The molecule has 27 heavy (non-hydrogen) atoms. The second kappa shape index (κ2) is 7.01. The van der Waals surface area contributed by atoms with Gasteiger partial charge in [0.05, 0.1) is 4.90 Å². The van der Waals surface area contributed by atoms with Gasteiger partial charge in [-0.2, -0.15) is 0 Å². The van der Waals surface area contributed by atoms with Crippen molar-refractivity contribution in [2.24, 2.45) is 5.14 Å². The summed E-state index contributed by atoms with van der Waals surface area (Å²) in [6.07, 6.45) is 0.456. The lowest BCUT2D eigenvalue weighted by Crippen LogP contribution is -2.38. The predicted octanol–water partition coefficient (Wildman–Crippen LogP) is 1.17. The minimum atomic E-state index is -3.83. The molecule has 2 aromatic rings. The molecule has 3 N–H and O–H groups in total. The number of anilines is 1. The van der Waals surface area contributed by atoms with Gasteiger partial charge in [-0.25, -0.2) is 18.4 Å². The number of phenols is 1. The zero-order valence-electron chi connectivity index (χ0n) is 14.5. The van der Waals surface area contributed by atoms with Gasteiger partial charge >= 0.3 is 5.97 Å². The van der Waals surface area contributed by atoms with Crippen molar-refractivity contribution in [3.63, 3.8) is 0 Å². The molecule has 0 saturated heterocycles. The van der Waals surface area contributed by atoms with Crippen LogP contribution < -0.4 is 10.0 Å². The number of ether oxygens (including phenoxy) is 1. The summed E-state index contributed by atoms with van der Waals surface area (Å²) >= 11 is 0. The average molecular weight is 390 g/mol. The van der Waals surface area contributed by atoms with Gasteiger partial charge in [0.25, 0.3) is 5.91 Å². The molecule has 0 spiro atoms. The van der Waals surface area contributed by atoms with Crippen LogP contribution in [0.25, 0.3) is 0 Å². The van der Waals surface area contributed by atoms with Crippen LogP contribution in [0.1, 0.15) is 22.8 Å². The first-order valence-corrected chi connectivity index (χ1v) is 9.66. The smallest absolute Gasteiger partial charge is 0.342 e. The Hall–Kier alpha value is -2.91. The number of amides is 1. The molecule has 9 heteroatoms. The van der Waals surface area contributed by atoms with Crippen LogP contribution in [0.2, 0.25) is 0 Å². The Kier molecular flexibility index (Phi) is 4.90. The number of carbonyl (C=O) groups is 2. The summed E-state index contributed by atoms with van der Waals surface area (Å²) in [7, 11) is -3.83. The summed E-state index contributed by atoms with van der Waals surface area (Å²) in [6.45, 7) is 1.30. The van der Waals surface area contributed by atoms with Crippen molar-refractivity contribution < 1.29 is 27.9 Å². The maximum absolute atomic E-state index is 12.6. The molecule has 1 aliphatic heterocycles. The van der Waals surface area contributed by atoms with E-state index < -0.39 is 28.5 Å². The largest absolute Gasteiger partial charge is 0.507 e. The van der Waals surface area contributed by atoms with Gasteiger partial charge in [0.15, 0.2) is 6.61 Å². The van der Waals surface area contributed by atoms with Crippen molar-refractivity contribution in [1.82, 2.24) is 0 Å². The Labute approximate surface area is 156 Å². The number of phenolic OH excluding ortho intramolecular Hbond substituents is 1. The van der Waals surface area contributed by atoms with E-state index in [9.17, 15) is 23.1 Å². The molecule has 1 unspecified atom stereocenters. The second-order valence-electron chi connectivity index (χ2n) is 6.25. The monoisotopic (exact) mass is 390 g/mol. The SMILES string of the molecule is CC1Cc2cc(S(N)(=O)=O)ccc2N1C(=O)COC(=O)c1ccccc1O. The quantitative estimate of drug-likeness (QED) is 0.755. The van der Waals surface area contributed by atoms with Crippen molar-refractivity contribution in [2.75, 3.05) is 11.5 Å². The van der Waals surface area contributed by atoms with E-state index in [1.807, 2.05) is 0 Å². The number of primary sulfonamides is 1. The lowest BCUT2D eigenvalue weighted by molar-refractivity contribution is -0.122. The zero-order valence-corrected chi connectivity index (χ0v) is 15.3. The van der Waals surface area contributed by atoms with Crippen LogP contribution in [-0.4, -0.2) is 38.0 Å². The molecular weight excluding hydrogens is 372 g/mol. The van der Waals surface area contributed by atoms with Gasteiger partial charge in [-0.05, 0) is 49.2 Å². The van der Waals surface area contributed by atoms with Crippen LogP contribution in [0.15, 0.2) is 47.4 Å². The van der Waals surface area contributed by atoms with Crippen LogP contribution in [-0.2, 0) is 26.0 Å². The summed E-state index contributed by atoms with van der Waals surface area (Å²) in [6, 6.07) is 9.94. The maximum atomic E-state index is 12.6. The number of hydrogen-bond donors (Lipinski definition) is 2. The Bertz CT molecular complexity index is 1020. The number of esters is 1. The third-order valence-electron chi connectivity index (χ3n) is 4.31. The second-order valence-corrected chi connectivity index (χ2v) is 7.81. The molecule has 1 atom stereocenters.